The van der Waals surface area contributed by atoms with E-state index in [0.29, 0.717) is 6.04 Å². The smallest absolute Gasteiger partial charge is 0.216 e. The van der Waals surface area contributed by atoms with Gasteiger partial charge in [0.25, 0.3) is 0 Å². The quantitative estimate of drug-likeness (QED) is 0.830. The highest BCUT2D eigenvalue weighted by molar-refractivity contribution is 5.34. The summed E-state index contributed by atoms with van der Waals surface area (Å²) >= 11 is 0. The van der Waals surface area contributed by atoms with Crippen LogP contribution in [0.5, 0.6) is 5.88 Å². The first kappa shape index (κ1) is 13.4. The maximum absolute atomic E-state index is 9.64. The van der Waals surface area contributed by atoms with E-state index in [9.17, 15) is 5.11 Å². The number of aliphatic hydroxyl groups excluding tert-OH is 1. The lowest BCUT2D eigenvalue weighted by atomic mass is 10.1. The Kier molecular flexibility index (Phi) is 4.24. The molecule has 0 aliphatic heterocycles. The number of nitrogens with one attached hydrogen (secondary N) is 1. The zero-order valence-corrected chi connectivity index (χ0v) is 11.4. The van der Waals surface area contributed by atoms with E-state index in [-0.39, 0.29) is 12.6 Å². The van der Waals surface area contributed by atoms with Crippen molar-refractivity contribution in [3.63, 3.8) is 0 Å². The van der Waals surface area contributed by atoms with Gasteiger partial charge in [-0.25, -0.2) is 4.68 Å². The fraction of sp³-hybridized carbons (Fsp3) is 0.769. The lowest BCUT2D eigenvalue weighted by Crippen LogP contribution is -2.33. The normalized spacial score (nSPS) is 18.2. The fourth-order valence-electron chi connectivity index (χ4n) is 2.90. The van der Waals surface area contributed by atoms with E-state index in [4.69, 9.17) is 4.74 Å². The second-order valence-corrected chi connectivity index (χ2v) is 5.02. The van der Waals surface area contributed by atoms with E-state index in [1.165, 1.54) is 25.7 Å². The molecule has 0 radical (unpaired) electrons. The van der Waals surface area contributed by atoms with E-state index in [1.807, 2.05) is 14.0 Å². The van der Waals surface area contributed by atoms with Gasteiger partial charge in [0.05, 0.1) is 31.0 Å². The molecule has 2 N–H and O–H groups in total. The van der Waals surface area contributed by atoms with E-state index < -0.39 is 0 Å². The van der Waals surface area contributed by atoms with Crippen molar-refractivity contribution >= 4 is 0 Å². The molecule has 0 spiro atoms. The first-order valence-corrected chi connectivity index (χ1v) is 6.61. The Labute approximate surface area is 108 Å². The fourth-order valence-corrected chi connectivity index (χ4v) is 2.90. The van der Waals surface area contributed by atoms with Crippen LogP contribution in [0.3, 0.4) is 0 Å². The average molecular weight is 253 g/mol. The van der Waals surface area contributed by atoms with Gasteiger partial charge in [-0.3, -0.25) is 0 Å². The molecule has 0 saturated heterocycles. The first-order valence-electron chi connectivity index (χ1n) is 6.61. The summed E-state index contributed by atoms with van der Waals surface area (Å²) in [5.74, 6) is 0.733. The largest absolute Gasteiger partial charge is 0.481 e. The topological polar surface area (TPSA) is 59.3 Å². The van der Waals surface area contributed by atoms with Crippen molar-refractivity contribution in [1.29, 1.82) is 0 Å². The van der Waals surface area contributed by atoms with Gasteiger partial charge in [-0.05, 0) is 19.8 Å². The second kappa shape index (κ2) is 5.71. The van der Waals surface area contributed by atoms with Crippen LogP contribution in [0, 0.1) is 6.92 Å². The molecule has 2 rings (SSSR count). The van der Waals surface area contributed by atoms with Crippen LogP contribution in [0.25, 0.3) is 0 Å². The van der Waals surface area contributed by atoms with Gasteiger partial charge >= 0.3 is 0 Å². The molecule has 1 aromatic heterocycles. The number of hydrogen-bond donors (Lipinski definition) is 2. The summed E-state index contributed by atoms with van der Waals surface area (Å²) in [5.41, 5.74) is 1.90. The SMILES string of the molecule is COc1c(C(CO)NC2CCCC2)c(C)nn1C. The summed E-state index contributed by atoms with van der Waals surface area (Å²) in [6.07, 6.45) is 4.94. The minimum atomic E-state index is -0.0863. The summed E-state index contributed by atoms with van der Waals surface area (Å²) in [5, 5.41) is 17.5. The number of methoxy groups -OCH3 is 1. The zero-order chi connectivity index (χ0) is 13.1. The van der Waals surface area contributed by atoms with Gasteiger partial charge in [0.2, 0.25) is 5.88 Å². The molecule has 0 aromatic carbocycles. The third-order valence-electron chi connectivity index (χ3n) is 3.73. The highest BCUT2D eigenvalue weighted by atomic mass is 16.5. The molecule has 18 heavy (non-hydrogen) atoms. The van der Waals surface area contributed by atoms with Crippen molar-refractivity contribution < 1.29 is 9.84 Å². The molecular formula is C13H23N3O2. The number of ether oxygens (including phenoxy) is 1. The monoisotopic (exact) mass is 253 g/mol. The van der Waals surface area contributed by atoms with Crippen LogP contribution >= 0.6 is 0 Å². The molecule has 1 aromatic rings. The summed E-state index contributed by atoms with van der Waals surface area (Å²) in [7, 11) is 3.50. The molecule has 1 fully saturated rings. The van der Waals surface area contributed by atoms with Crippen LogP contribution in [-0.2, 0) is 7.05 Å². The molecule has 1 aliphatic carbocycles. The van der Waals surface area contributed by atoms with Crippen LogP contribution < -0.4 is 10.1 Å². The molecule has 1 unspecified atom stereocenters. The Morgan fingerprint density at radius 1 is 1.50 bits per heavy atom. The lowest BCUT2D eigenvalue weighted by molar-refractivity contribution is 0.228. The Balaban J connectivity index is 2.20. The first-order chi connectivity index (χ1) is 8.67. The number of hydrogen-bond acceptors (Lipinski definition) is 4. The van der Waals surface area contributed by atoms with E-state index >= 15 is 0 Å². The minimum absolute atomic E-state index is 0.0688. The minimum Gasteiger partial charge on any atom is -0.481 e. The Hall–Kier alpha value is -1.07. The number of aromatic nitrogens is 2. The van der Waals surface area contributed by atoms with Gasteiger partial charge in [-0.2, -0.15) is 5.10 Å². The summed E-state index contributed by atoms with van der Waals surface area (Å²) in [4.78, 5) is 0. The second-order valence-electron chi connectivity index (χ2n) is 5.02. The highest BCUT2D eigenvalue weighted by Gasteiger charge is 2.26. The lowest BCUT2D eigenvalue weighted by Gasteiger charge is -2.21. The van der Waals surface area contributed by atoms with Crippen LogP contribution in [-0.4, -0.2) is 34.6 Å². The maximum atomic E-state index is 9.64. The summed E-state index contributed by atoms with van der Waals surface area (Å²) in [6.45, 7) is 2.02. The molecule has 1 saturated carbocycles. The van der Waals surface area contributed by atoms with Crippen molar-refractivity contribution in [1.82, 2.24) is 15.1 Å². The van der Waals surface area contributed by atoms with Crippen molar-refractivity contribution in [3.8, 4) is 5.88 Å². The van der Waals surface area contributed by atoms with Gasteiger partial charge in [-0.15, -0.1) is 0 Å². The van der Waals surface area contributed by atoms with Crippen molar-refractivity contribution in [2.45, 2.75) is 44.7 Å². The number of aliphatic hydroxyl groups is 1. The molecule has 0 bridgehead atoms. The van der Waals surface area contributed by atoms with Crippen LogP contribution in [0.2, 0.25) is 0 Å². The molecule has 102 valence electrons. The summed E-state index contributed by atoms with van der Waals surface area (Å²) < 4.78 is 7.12. The maximum Gasteiger partial charge on any atom is 0.216 e. The van der Waals surface area contributed by atoms with E-state index in [0.717, 1.165) is 17.1 Å². The predicted molar refractivity (Wildman–Crippen MR) is 69.7 cm³/mol. The Morgan fingerprint density at radius 2 is 2.17 bits per heavy atom. The van der Waals surface area contributed by atoms with Gasteiger partial charge in [0.15, 0.2) is 0 Å². The predicted octanol–water partition coefficient (Wildman–Crippen LogP) is 1.30. The van der Waals surface area contributed by atoms with Gasteiger partial charge in [0.1, 0.15) is 0 Å². The van der Waals surface area contributed by atoms with Crippen LogP contribution in [0.1, 0.15) is 43.0 Å². The average Bonchev–Trinajstić information content (AvgIpc) is 2.94. The molecular weight excluding hydrogens is 230 g/mol. The van der Waals surface area contributed by atoms with E-state index in [2.05, 4.69) is 10.4 Å². The standard InChI is InChI=1S/C13H23N3O2/c1-9-12(13(18-3)16(2)15-9)11(8-17)14-10-6-4-5-7-10/h10-11,14,17H,4-8H2,1-3H3. The molecule has 1 atom stereocenters. The molecule has 1 heterocycles. The number of aryl methyl sites for hydroxylation is 2. The third-order valence-corrected chi connectivity index (χ3v) is 3.73. The molecule has 0 amide bonds. The van der Waals surface area contributed by atoms with Crippen molar-refractivity contribution in [3.05, 3.63) is 11.3 Å². The Morgan fingerprint density at radius 3 is 2.72 bits per heavy atom. The highest BCUT2D eigenvalue weighted by Crippen LogP contribution is 2.29. The van der Waals surface area contributed by atoms with E-state index in [1.54, 1.807) is 11.8 Å². The van der Waals surface area contributed by atoms with Gasteiger partial charge in [-0.1, -0.05) is 12.8 Å². The van der Waals surface area contributed by atoms with Gasteiger partial charge in [0, 0.05) is 13.1 Å². The zero-order valence-electron chi connectivity index (χ0n) is 11.4. The molecule has 1 aliphatic rings. The summed E-state index contributed by atoms with van der Waals surface area (Å²) in [6, 6.07) is 0.420. The molecule has 5 heteroatoms. The number of nitrogens with zero attached hydrogens (tertiary/aromatic N) is 2. The van der Waals surface area contributed by atoms with Crippen LogP contribution in [0.4, 0.5) is 0 Å². The van der Waals surface area contributed by atoms with Crippen LogP contribution in [0.15, 0.2) is 0 Å². The van der Waals surface area contributed by atoms with Crippen molar-refractivity contribution in [2.75, 3.05) is 13.7 Å². The number of rotatable bonds is 5. The third kappa shape index (κ3) is 2.52. The molecule has 5 nitrogen and oxygen atoms in total. The van der Waals surface area contributed by atoms with Crippen molar-refractivity contribution in [2.24, 2.45) is 7.05 Å². The van der Waals surface area contributed by atoms with Gasteiger partial charge < -0.3 is 15.2 Å². The Bertz CT molecular complexity index is 397.